The lowest BCUT2D eigenvalue weighted by Crippen LogP contribution is -2.52. The fraction of sp³-hybridized carbons (Fsp3) is 0.957. The third-order valence-electron chi connectivity index (χ3n) is 9.19. The maximum Gasteiger partial charge on any atom is 0.146 e. The molecular weight excluding hydrogens is 356 g/mol. The number of carbonyl (C=O) groups is 1. The Hall–Kier alpha value is -0.0600. The van der Waals surface area contributed by atoms with Gasteiger partial charge in [0, 0.05) is 13.0 Å². The zero-order valence-electron chi connectivity index (χ0n) is 17.4. The van der Waals surface area contributed by atoms with Crippen molar-refractivity contribution < 1.29 is 14.6 Å². The summed E-state index contributed by atoms with van der Waals surface area (Å²) in [5.41, 5.74) is -0.332. The van der Waals surface area contributed by atoms with Crippen LogP contribution in [0.5, 0.6) is 0 Å². The highest BCUT2D eigenvalue weighted by atomic mass is 32.2. The zero-order valence-corrected chi connectivity index (χ0v) is 18.2. The summed E-state index contributed by atoms with van der Waals surface area (Å²) in [7, 11) is 1.71. The maximum atomic E-state index is 12.8. The molecule has 4 aliphatic carbocycles. The van der Waals surface area contributed by atoms with Crippen LogP contribution in [0, 0.1) is 40.9 Å². The van der Waals surface area contributed by atoms with Gasteiger partial charge in [-0.3, -0.25) is 4.79 Å². The molecule has 8 atom stereocenters. The number of carbonyl (C=O) groups excluding carboxylic acids is 1. The first-order chi connectivity index (χ1) is 12.9. The van der Waals surface area contributed by atoms with Gasteiger partial charge in [0.05, 0.1) is 18.0 Å². The number of rotatable bonds is 5. The van der Waals surface area contributed by atoms with E-state index in [0.29, 0.717) is 30.0 Å². The minimum absolute atomic E-state index is 0.256. The van der Waals surface area contributed by atoms with Gasteiger partial charge in [0.15, 0.2) is 0 Å². The molecule has 4 aliphatic rings. The highest BCUT2D eigenvalue weighted by Gasteiger charge is 2.58. The van der Waals surface area contributed by atoms with Gasteiger partial charge >= 0.3 is 0 Å². The summed E-state index contributed by atoms with van der Waals surface area (Å²) in [6.45, 7) is 2.94. The van der Waals surface area contributed by atoms with Crippen molar-refractivity contribution in [3.8, 4) is 0 Å². The van der Waals surface area contributed by atoms with Gasteiger partial charge in [-0.1, -0.05) is 6.92 Å². The normalized spacial score (nSPS) is 49.2. The largest absolute Gasteiger partial charge is 0.387 e. The van der Waals surface area contributed by atoms with Crippen molar-refractivity contribution in [2.75, 3.05) is 25.7 Å². The van der Waals surface area contributed by atoms with Gasteiger partial charge in [-0.25, -0.2) is 0 Å². The van der Waals surface area contributed by atoms with Gasteiger partial charge in [0.2, 0.25) is 0 Å². The predicted octanol–water partition coefficient (Wildman–Crippen LogP) is 4.56. The van der Waals surface area contributed by atoms with Crippen molar-refractivity contribution in [1.29, 1.82) is 0 Å². The molecule has 3 nitrogen and oxygen atoms in total. The number of hydrogen-bond acceptors (Lipinski definition) is 4. The average Bonchev–Trinajstić information content (AvgIpc) is 2.98. The lowest BCUT2D eigenvalue weighted by atomic mass is 9.49. The smallest absolute Gasteiger partial charge is 0.146 e. The fourth-order valence-corrected chi connectivity index (χ4v) is 8.62. The number of ketones is 1. The summed E-state index contributed by atoms with van der Waals surface area (Å²) in [4.78, 5) is 12.8. The molecule has 0 heterocycles. The molecule has 4 heteroatoms. The topological polar surface area (TPSA) is 46.5 Å². The monoisotopic (exact) mass is 394 g/mol. The molecule has 0 aliphatic heterocycles. The van der Waals surface area contributed by atoms with Crippen LogP contribution in [0.3, 0.4) is 0 Å². The summed E-state index contributed by atoms with van der Waals surface area (Å²) in [5.74, 6) is 5.42. The molecule has 1 N–H and O–H groups in total. The summed E-state index contributed by atoms with van der Waals surface area (Å²) >= 11 is 1.69. The first-order valence-electron chi connectivity index (χ1n) is 11.1. The van der Waals surface area contributed by atoms with E-state index in [9.17, 15) is 9.90 Å². The fourth-order valence-electron chi connectivity index (χ4n) is 8.13. The van der Waals surface area contributed by atoms with E-state index >= 15 is 0 Å². The highest BCUT2D eigenvalue weighted by molar-refractivity contribution is 7.99. The Balaban J connectivity index is 1.48. The molecule has 4 rings (SSSR count). The van der Waals surface area contributed by atoms with Crippen molar-refractivity contribution in [3.63, 3.8) is 0 Å². The molecule has 154 valence electrons. The molecule has 4 fully saturated rings. The second-order valence-electron chi connectivity index (χ2n) is 10.4. The molecule has 0 aromatic rings. The van der Waals surface area contributed by atoms with E-state index in [4.69, 9.17) is 4.74 Å². The minimum Gasteiger partial charge on any atom is -0.387 e. The molecule has 0 radical (unpaired) electrons. The van der Waals surface area contributed by atoms with Crippen molar-refractivity contribution in [3.05, 3.63) is 0 Å². The van der Waals surface area contributed by atoms with E-state index in [0.717, 1.165) is 42.9 Å². The molecule has 4 saturated carbocycles. The van der Waals surface area contributed by atoms with Gasteiger partial charge < -0.3 is 9.84 Å². The number of thioether (sulfide) groups is 1. The van der Waals surface area contributed by atoms with Crippen LogP contribution in [0.2, 0.25) is 0 Å². The number of hydrogen-bond donors (Lipinski definition) is 1. The quantitative estimate of drug-likeness (QED) is 0.742. The van der Waals surface area contributed by atoms with E-state index in [1.54, 1.807) is 18.9 Å². The van der Waals surface area contributed by atoms with E-state index in [2.05, 4.69) is 13.2 Å². The van der Waals surface area contributed by atoms with Gasteiger partial charge in [0.1, 0.15) is 5.78 Å². The van der Waals surface area contributed by atoms with Crippen LogP contribution in [-0.4, -0.2) is 42.2 Å². The predicted molar refractivity (Wildman–Crippen MR) is 111 cm³/mol. The summed E-state index contributed by atoms with van der Waals surface area (Å²) in [6, 6.07) is 0. The Morgan fingerprint density at radius 2 is 1.85 bits per heavy atom. The Morgan fingerprint density at radius 1 is 1.07 bits per heavy atom. The third-order valence-corrected chi connectivity index (χ3v) is 9.77. The molecule has 0 bridgehead atoms. The Morgan fingerprint density at radius 3 is 2.59 bits per heavy atom. The highest BCUT2D eigenvalue weighted by Crippen LogP contribution is 2.64. The van der Waals surface area contributed by atoms with Crippen molar-refractivity contribution in [2.24, 2.45) is 40.9 Å². The molecule has 0 unspecified atom stereocenters. The van der Waals surface area contributed by atoms with E-state index < -0.39 is 5.60 Å². The standard InChI is InChI=1S/C23H38O3S/c1-22-10-8-17-16-9-11-23(25,14-26-2)12-15(16)4-5-18(17)19(22)6-7-20(22)21(24)13-27-3/h15-20,25H,4-14H2,1-3H3/t15-,16-,17+,18+,19-,20+,22-,23+/m0/s1. The molecule has 0 aromatic heterocycles. The molecule has 0 amide bonds. The summed E-state index contributed by atoms with van der Waals surface area (Å²) in [6.07, 6.45) is 12.6. The Kier molecular flexibility index (Phi) is 5.73. The molecule has 0 aromatic carbocycles. The van der Waals surface area contributed by atoms with Gasteiger partial charge in [-0.15, -0.1) is 0 Å². The molecule has 0 saturated heterocycles. The molecule has 0 spiro atoms. The maximum absolute atomic E-state index is 12.8. The van der Waals surface area contributed by atoms with Crippen LogP contribution in [0.4, 0.5) is 0 Å². The van der Waals surface area contributed by atoms with Crippen LogP contribution in [0.25, 0.3) is 0 Å². The summed E-state index contributed by atoms with van der Waals surface area (Å²) in [5, 5.41) is 10.9. The van der Waals surface area contributed by atoms with E-state index in [-0.39, 0.29) is 5.41 Å². The van der Waals surface area contributed by atoms with Crippen molar-refractivity contribution in [2.45, 2.75) is 70.3 Å². The SMILES string of the molecule is COC[C@@]1(O)CC[C@H]2[C@@H](CC[C@@H]3[C@@H]2CC[C@]2(C)[C@@H](C(=O)CSC)CC[C@@H]32)C1. The van der Waals surface area contributed by atoms with Crippen LogP contribution < -0.4 is 0 Å². The zero-order chi connectivity index (χ0) is 19.2. The second kappa shape index (κ2) is 7.65. The average molecular weight is 395 g/mol. The number of aliphatic hydroxyl groups is 1. The lowest BCUT2D eigenvalue weighted by molar-refractivity contribution is -0.134. The van der Waals surface area contributed by atoms with Crippen LogP contribution in [0.15, 0.2) is 0 Å². The lowest BCUT2D eigenvalue weighted by Gasteiger charge is -2.57. The van der Waals surface area contributed by atoms with Gasteiger partial charge in [-0.05, 0) is 99.0 Å². The number of ether oxygens (including phenoxy) is 1. The van der Waals surface area contributed by atoms with Gasteiger partial charge in [0.25, 0.3) is 0 Å². The van der Waals surface area contributed by atoms with E-state index in [1.165, 1.54) is 38.5 Å². The van der Waals surface area contributed by atoms with E-state index in [1.807, 2.05) is 0 Å². The second-order valence-corrected chi connectivity index (χ2v) is 11.3. The van der Waals surface area contributed by atoms with Crippen LogP contribution >= 0.6 is 11.8 Å². The third kappa shape index (κ3) is 3.42. The van der Waals surface area contributed by atoms with Crippen molar-refractivity contribution >= 4 is 17.5 Å². The van der Waals surface area contributed by atoms with Crippen LogP contribution in [0.1, 0.15) is 64.7 Å². The van der Waals surface area contributed by atoms with Crippen LogP contribution in [-0.2, 0) is 9.53 Å². The number of methoxy groups -OCH3 is 1. The summed E-state index contributed by atoms with van der Waals surface area (Å²) < 4.78 is 5.31. The number of fused-ring (bicyclic) bond motifs is 5. The first-order valence-corrected chi connectivity index (χ1v) is 12.5. The van der Waals surface area contributed by atoms with Crippen molar-refractivity contribution in [1.82, 2.24) is 0 Å². The Bertz CT molecular complexity index is 566. The molecular formula is C23H38O3S. The Labute approximate surface area is 169 Å². The van der Waals surface area contributed by atoms with Gasteiger partial charge in [-0.2, -0.15) is 11.8 Å². The first kappa shape index (κ1) is 20.2. The molecule has 27 heavy (non-hydrogen) atoms. The minimum atomic E-state index is -0.589. The number of Topliss-reactive ketones (excluding diaryl/α,β-unsaturated/α-hetero) is 1.